The molecule has 6 nitrogen and oxygen atoms in total. The van der Waals surface area contributed by atoms with E-state index in [4.69, 9.17) is 4.74 Å². The summed E-state index contributed by atoms with van der Waals surface area (Å²) in [5, 5.41) is 2.63. The normalized spacial score (nSPS) is 10.1. The third kappa shape index (κ3) is 5.39. The number of rotatable bonds is 7. The number of hydrogen-bond donors (Lipinski definition) is 1. The second kappa shape index (κ2) is 8.92. The number of likely N-dealkylation sites (N-methyl/N-ethyl adjacent to an activating group) is 2. The molecule has 0 bridgehead atoms. The minimum Gasteiger partial charge on any atom is -0.452 e. The van der Waals surface area contributed by atoms with E-state index in [2.05, 4.69) is 5.32 Å². The van der Waals surface area contributed by atoms with E-state index in [1.165, 1.54) is 4.90 Å². The van der Waals surface area contributed by atoms with Crippen LogP contribution in [0.3, 0.4) is 0 Å². The van der Waals surface area contributed by atoms with Gasteiger partial charge in [-0.05, 0) is 44.9 Å². The number of carbonyl (C=O) groups excluding carboxylic acids is 3. The van der Waals surface area contributed by atoms with E-state index in [0.717, 1.165) is 11.1 Å². The number of carbonyl (C=O) groups is 3. The van der Waals surface area contributed by atoms with Crippen molar-refractivity contribution >= 4 is 17.8 Å². The molecule has 0 aliphatic heterocycles. The van der Waals surface area contributed by atoms with Gasteiger partial charge in [0.2, 0.25) is 5.91 Å². The lowest BCUT2D eigenvalue weighted by molar-refractivity contribution is -0.138. The molecule has 0 radical (unpaired) electrons. The summed E-state index contributed by atoms with van der Waals surface area (Å²) in [5.41, 5.74) is 2.27. The molecular weight excluding hydrogens is 296 g/mol. The van der Waals surface area contributed by atoms with Crippen LogP contribution < -0.4 is 5.32 Å². The Morgan fingerprint density at radius 2 is 1.87 bits per heavy atom. The van der Waals surface area contributed by atoms with Crippen LogP contribution in [0.2, 0.25) is 0 Å². The third-order valence-electron chi connectivity index (χ3n) is 3.59. The SMILES string of the molecule is CCNC(=O)CN(CC)C(=O)COC(=O)c1cccc(C)c1C. The molecule has 2 amide bonds. The van der Waals surface area contributed by atoms with Gasteiger partial charge in [-0.1, -0.05) is 12.1 Å². The van der Waals surface area contributed by atoms with Crippen LogP contribution in [0, 0.1) is 13.8 Å². The summed E-state index contributed by atoms with van der Waals surface area (Å²) in [4.78, 5) is 37.1. The van der Waals surface area contributed by atoms with E-state index < -0.39 is 11.9 Å². The molecule has 0 atom stereocenters. The smallest absolute Gasteiger partial charge is 0.338 e. The average Bonchev–Trinajstić information content (AvgIpc) is 2.52. The molecule has 1 N–H and O–H groups in total. The lowest BCUT2D eigenvalue weighted by Crippen LogP contribution is -2.42. The summed E-state index contributed by atoms with van der Waals surface area (Å²) in [6.07, 6.45) is 0. The molecule has 1 aromatic rings. The van der Waals surface area contributed by atoms with E-state index in [0.29, 0.717) is 18.7 Å². The Kier molecular flexibility index (Phi) is 7.25. The lowest BCUT2D eigenvalue weighted by Gasteiger charge is -2.20. The highest BCUT2D eigenvalue weighted by atomic mass is 16.5. The molecule has 0 aromatic heterocycles. The monoisotopic (exact) mass is 320 g/mol. The van der Waals surface area contributed by atoms with Gasteiger partial charge in [-0.3, -0.25) is 9.59 Å². The Labute approximate surface area is 136 Å². The van der Waals surface area contributed by atoms with Crippen LogP contribution in [0.5, 0.6) is 0 Å². The van der Waals surface area contributed by atoms with Crippen molar-refractivity contribution in [2.24, 2.45) is 0 Å². The van der Waals surface area contributed by atoms with Crippen molar-refractivity contribution < 1.29 is 19.1 Å². The first kappa shape index (κ1) is 18.7. The summed E-state index contributed by atoms with van der Waals surface area (Å²) in [5.74, 6) is -1.16. The van der Waals surface area contributed by atoms with E-state index in [1.54, 1.807) is 19.1 Å². The van der Waals surface area contributed by atoms with Crippen LogP contribution in [0.15, 0.2) is 18.2 Å². The average molecular weight is 320 g/mol. The molecule has 0 heterocycles. The van der Waals surface area contributed by atoms with Gasteiger partial charge in [0.15, 0.2) is 6.61 Å². The quantitative estimate of drug-likeness (QED) is 0.772. The van der Waals surface area contributed by atoms with Crippen LogP contribution in [0.1, 0.15) is 35.3 Å². The van der Waals surface area contributed by atoms with E-state index in [9.17, 15) is 14.4 Å². The Hall–Kier alpha value is -2.37. The van der Waals surface area contributed by atoms with Crippen LogP contribution in [-0.2, 0) is 14.3 Å². The van der Waals surface area contributed by atoms with Crippen molar-refractivity contribution in [3.63, 3.8) is 0 Å². The summed E-state index contributed by atoms with van der Waals surface area (Å²) < 4.78 is 5.09. The van der Waals surface area contributed by atoms with Crippen LogP contribution in [0.4, 0.5) is 0 Å². The van der Waals surface area contributed by atoms with Gasteiger partial charge in [0.1, 0.15) is 0 Å². The number of nitrogens with zero attached hydrogens (tertiary/aromatic N) is 1. The van der Waals surface area contributed by atoms with E-state index in [-0.39, 0.29) is 19.1 Å². The zero-order chi connectivity index (χ0) is 17.4. The van der Waals surface area contributed by atoms with Gasteiger partial charge in [-0.2, -0.15) is 0 Å². The molecule has 6 heteroatoms. The molecule has 0 aliphatic rings. The number of benzene rings is 1. The van der Waals surface area contributed by atoms with Gasteiger partial charge in [-0.15, -0.1) is 0 Å². The standard InChI is InChI=1S/C17H24N2O4/c1-5-18-15(20)10-19(6-2)16(21)11-23-17(22)14-9-7-8-12(3)13(14)4/h7-9H,5-6,10-11H2,1-4H3,(H,18,20). The molecule has 0 fully saturated rings. The first-order valence-electron chi connectivity index (χ1n) is 7.68. The van der Waals surface area contributed by atoms with Crippen molar-refractivity contribution in [1.29, 1.82) is 0 Å². The maximum Gasteiger partial charge on any atom is 0.338 e. The van der Waals surface area contributed by atoms with Crippen molar-refractivity contribution in [2.45, 2.75) is 27.7 Å². The Morgan fingerprint density at radius 1 is 1.17 bits per heavy atom. The lowest BCUT2D eigenvalue weighted by atomic mass is 10.0. The Balaban J connectivity index is 2.61. The fourth-order valence-corrected chi connectivity index (χ4v) is 2.07. The molecule has 1 rings (SSSR count). The molecule has 0 spiro atoms. The van der Waals surface area contributed by atoms with Gasteiger partial charge in [0, 0.05) is 13.1 Å². The Bertz CT molecular complexity index is 584. The maximum atomic E-state index is 12.1. The number of aryl methyl sites for hydroxylation is 1. The zero-order valence-electron chi connectivity index (χ0n) is 14.1. The minimum absolute atomic E-state index is 0.0375. The minimum atomic E-state index is -0.534. The van der Waals surface area contributed by atoms with Gasteiger partial charge in [-0.25, -0.2) is 4.79 Å². The topological polar surface area (TPSA) is 75.7 Å². The van der Waals surface area contributed by atoms with Crippen molar-refractivity contribution in [2.75, 3.05) is 26.2 Å². The molecule has 0 unspecified atom stereocenters. The third-order valence-corrected chi connectivity index (χ3v) is 3.59. The van der Waals surface area contributed by atoms with Gasteiger partial charge >= 0.3 is 5.97 Å². The molecule has 0 aliphatic carbocycles. The van der Waals surface area contributed by atoms with Crippen LogP contribution in [-0.4, -0.2) is 48.9 Å². The predicted molar refractivity (Wildman–Crippen MR) is 87.1 cm³/mol. The Morgan fingerprint density at radius 3 is 2.48 bits per heavy atom. The zero-order valence-corrected chi connectivity index (χ0v) is 14.1. The summed E-state index contributed by atoms with van der Waals surface area (Å²) in [6.45, 7) is 7.78. The molecule has 126 valence electrons. The molecule has 0 saturated carbocycles. The van der Waals surface area contributed by atoms with Crippen LogP contribution >= 0.6 is 0 Å². The predicted octanol–water partition coefficient (Wildman–Crippen LogP) is 1.44. The number of amides is 2. The van der Waals surface area contributed by atoms with Crippen molar-refractivity contribution in [3.05, 3.63) is 34.9 Å². The van der Waals surface area contributed by atoms with Gasteiger partial charge in [0.25, 0.3) is 5.91 Å². The number of hydrogen-bond acceptors (Lipinski definition) is 4. The highest BCUT2D eigenvalue weighted by Crippen LogP contribution is 2.13. The summed E-state index contributed by atoms with van der Waals surface area (Å²) >= 11 is 0. The van der Waals surface area contributed by atoms with Crippen molar-refractivity contribution in [1.82, 2.24) is 10.2 Å². The molecule has 0 saturated heterocycles. The van der Waals surface area contributed by atoms with Gasteiger partial charge in [0.05, 0.1) is 12.1 Å². The number of ether oxygens (including phenoxy) is 1. The second-order valence-corrected chi connectivity index (χ2v) is 5.19. The fraction of sp³-hybridized carbons (Fsp3) is 0.471. The largest absolute Gasteiger partial charge is 0.452 e. The van der Waals surface area contributed by atoms with E-state index in [1.807, 2.05) is 26.8 Å². The molecule has 23 heavy (non-hydrogen) atoms. The first-order chi connectivity index (χ1) is 10.9. The molecular formula is C17H24N2O4. The maximum absolute atomic E-state index is 12.1. The number of nitrogens with one attached hydrogen (secondary N) is 1. The highest BCUT2D eigenvalue weighted by molar-refractivity contribution is 5.93. The highest BCUT2D eigenvalue weighted by Gasteiger charge is 2.18. The second-order valence-electron chi connectivity index (χ2n) is 5.19. The van der Waals surface area contributed by atoms with Gasteiger partial charge < -0.3 is 15.0 Å². The summed E-state index contributed by atoms with van der Waals surface area (Å²) in [6, 6.07) is 5.35. The van der Waals surface area contributed by atoms with Crippen molar-refractivity contribution in [3.8, 4) is 0 Å². The summed E-state index contributed by atoms with van der Waals surface area (Å²) in [7, 11) is 0. The van der Waals surface area contributed by atoms with E-state index >= 15 is 0 Å². The molecule has 1 aromatic carbocycles. The fourth-order valence-electron chi connectivity index (χ4n) is 2.07. The van der Waals surface area contributed by atoms with Crippen LogP contribution in [0.25, 0.3) is 0 Å². The number of esters is 1. The first-order valence-corrected chi connectivity index (χ1v) is 7.68.